The number of hydrogen-bond donors (Lipinski definition) is 1. The van der Waals surface area contributed by atoms with Crippen molar-refractivity contribution in [3.63, 3.8) is 0 Å². The second kappa shape index (κ2) is 8.37. The molecule has 1 aromatic carbocycles. The van der Waals surface area contributed by atoms with Crippen LogP contribution in [0.15, 0.2) is 18.2 Å². The summed E-state index contributed by atoms with van der Waals surface area (Å²) in [5.41, 5.74) is 3.77. The molecule has 1 atom stereocenters. The van der Waals surface area contributed by atoms with E-state index < -0.39 is 0 Å². The molecule has 0 bridgehead atoms. The van der Waals surface area contributed by atoms with Gasteiger partial charge >= 0.3 is 6.03 Å². The molecule has 0 aromatic heterocycles. The van der Waals surface area contributed by atoms with Crippen LogP contribution >= 0.6 is 0 Å². The molecular weight excluding hydrogens is 314 g/mol. The van der Waals surface area contributed by atoms with Gasteiger partial charge in [0, 0.05) is 39.1 Å². The Labute approximate surface area is 151 Å². The SMILES string of the molecule is CC(=O)N(C)C1CCN(C(=O)N[C@H](C)Cc2cc(C)cc(C)c2)CC1. The quantitative estimate of drug-likeness (QED) is 0.912. The molecule has 2 rings (SSSR count). The minimum atomic E-state index is 0.000744. The number of piperidine rings is 1. The van der Waals surface area contributed by atoms with Crippen molar-refractivity contribution in [2.45, 2.75) is 59.0 Å². The average molecular weight is 345 g/mol. The molecule has 1 saturated heterocycles. The number of nitrogens with one attached hydrogen (secondary N) is 1. The number of carbonyl (C=O) groups is 2. The molecule has 1 aliphatic rings. The highest BCUT2D eigenvalue weighted by atomic mass is 16.2. The highest BCUT2D eigenvalue weighted by Crippen LogP contribution is 2.16. The van der Waals surface area contributed by atoms with Gasteiger partial charge in [-0.15, -0.1) is 0 Å². The van der Waals surface area contributed by atoms with Crippen molar-refractivity contribution in [1.82, 2.24) is 15.1 Å². The summed E-state index contributed by atoms with van der Waals surface area (Å²) in [4.78, 5) is 27.6. The third kappa shape index (κ3) is 5.48. The molecule has 1 heterocycles. The number of aryl methyl sites for hydroxylation is 2. The van der Waals surface area contributed by atoms with E-state index in [0.29, 0.717) is 13.1 Å². The van der Waals surface area contributed by atoms with E-state index in [-0.39, 0.29) is 24.0 Å². The van der Waals surface area contributed by atoms with Crippen molar-refractivity contribution in [2.24, 2.45) is 0 Å². The van der Waals surface area contributed by atoms with Gasteiger partial charge in [-0.1, -0.05) is 29.3 Å². The van der Waals surface area contributed by atoms with E-state index in [4.69, 9.17) is 0 Å². The van der Waals surface area contributed by atoms with Crippen molar-refractivity contribution < 1.29 is 9.59 Å². The lowest BCUT2D eigenvalue weighted by atomic mass is 10.0. The van der Waals surface area contributed by atoms with Gasteiger partial charge in [-0.3, -0.25) is 4.79 Å². The van der Waals surface area contributed by atoms with Crippen LogP contribution in [0.4, 0.5) is 4.79 Å². The van der Waals surface area contributed by atoms with E-state index in [1.54, 1.807) is 11.8 Å². The zero-order chi connectivity index (χ0) is 18.6. The molecule has 0 unspecified atom stereocenters. The molecule has 5 heteroatoms. The van der Waals surface area contributed by atoms with Crippen LogP contribution in [0.3, 0.4) is 0 Å². The third-order valence-electron chi connectivity index (χ3n) is 4.99. The van der Waals surface area contributed by atoms with Crippen molar-refractivity contribution in [3.05, 3.63) is 34.9 Å². The smallest absolute Gasteiger partial charge is 0.317 e. The van der Waals surface area contributed by atoms with Crippen LogP contribution < -0.4 is 5.32 Å². The zero-order valence-corrected chi connectivity index (χ0v) is 16.1. The number of urea groups is 1. The van der Waals surface area contributed by atoms with Crippen LogP contribution in [0.1, 0.15) is 43.4 Å². The molecule has 0 saturated carbocycles. The number of nitrogens with zero attached hydrogens (tertiary/aromatic N) is 2. The van der Waals surface area contributed by atoms with Crippen molar-refractivity contribution in [3.8, 4) is 0 Å². The Morgan fingerprint density at radius 1 is 1.20 bits per heavy atom. The first-order chi connectivity index (χ1) is 11.8. The fraction of sp³-hybridized carbons (Fsp3) is 0.600. The summed E-state index contributed by atoms with van der Waals surface area (Å²) in [6, 6.07) is 6.85. The molecule has 3 amide bonds. The van der Waals surface area contributed by atoms with Crippen LogP contribution in [0.5, 0.6) is 0 Å². The maximum Gasteiger partial charge on any atom is 0.317 e. The average Bonchev–Trinajstić information content (AvgIpc) is 2.53. The lowest BCUT2D eigenvalue weighted by Crippen LogP contribution is -2.51. The van der Waals surface area contributed by atoms with Gasteiger partial charge in [-0.2, -0.15) is 0 Å². The predicted molar refractivity (Wildman–Crippen MR) is 101 cm³/mol. The van der Waals surface area contributed by atoms with Crippen LogP contribution in [-0.2, 0) is 11.2 Å². The molecule has 0 aliphatic carbocycles. The lowest BCUT2D eigenvalue weighted by molar-refractivity contribution is -0.130. The van der Waals surface area contributed by atoms with Crippen LogP contribution in [-0.4, -0.2) is 54.0 Å². The molecule has 0 spiro atoms. The molecule has 5 nitrogen and oxygen atoms in total. The maximum atomic E-state index is 12.5. The van der Waals surface area contributed by atoms with Crippen molar-refractivity contribution in [1.29, 1.82) is 0 Å². The van der Waals surface area contributed by atoms with Crippen LogP contribution in [0, 0.1) is 13.8 Å². The van der Waals surface area contributed by atoms with Crippen molar-refractivity contribution >= 4 is 11.9 Å². The van der Waals surface area contributed by atoms with E-state index in [9.17, 15) is 9.59 Å². The Kier molecular flexibility index (Phi) is 6.45. The Bertz CT molecular complexity index is 601. The van der Waals surface area contributed by atoms with Gasteiger partial charge in [-0.05, 0) is 45.6 Å². The molecule has 0 radical (unpaired) electrons. The number of amides is 3. The zero-order valence-electron chi connectivity index (χ0n) is 16.1. The Morgan fingerprint density at radius 2 is 1.76 bits per heavy atom. The lowest BCUT2D eigenvalue weighted by Gasteiger charge is -2.36. The number of benzene rings is 1. The highest BCUT2D eigenvalue weighted by Gasteiger charge is 2.26. The highest BCUT2D eigenvalue weighted by molar-refractivity contribution is 5.75. The predicted octanol–water partition coefficient (Wildman–Crippen LogP) is 2.89. The topological polar surface area (TPSA) is 52.7 Å². The minimum Gasteiger partial charge on any atom is -0.343 e. The summed E-state index contributed by atoms with van der Waals surface area (Å²) < 4.78 is 0. The molecular formula is C20H31N3O2. The molecule has 1 N–H and O–H groups in total. The molecule has 1 aliphatic heterocycles. The number of likely N-dealkylation sites (tertiary alicyclic amines) is 1. The Morgan fingerprint density at radius 3 is 2.28 bits per heavy atom. The first kappa shape index (κ1) is 19.3. The van der Waals surface area contributed by atoms with E-state index in [1.165, 1.54) is 16.7 Å². The van der Waals surface area contributed by atoms with Gasteiger partial charge < -0.3 is 15.1 Å². The Hall–Kier alpha value is -2.04. The molecule has 1 aromatic rings. The normalized spacial score (nSPS) is 16.4. The molecule has 25 heavy (non-hydrogen) atoms. The number of carbonyl (C=O) groups excluding carboxylic acids is 2. The summed E-state index contributed by atoms with van der Waals surface area (Å²) in [6.45, 7) is 9.23. The van der Waals surface area contributed by atoms with Gasteiger partial charge in [0.05, 0.1) is 0 Å². The van der Waals surface area contributed by atoms with Gasteiger partial charge in [-0.25, -0.2) is 4.79 Å². The second-order valence-corrected chi connectivity index (χ2v) is 7.40. The standard InChI is InChI=1S/C20H31N3O2/c1-14-10-15(2)12-18(11-14)13-16(3)21-20(25)23-8-6-19(7-9-23)22(5)17(4)24/h10-12,16,19H,6-9,13H2,1-5H3,(H,21,25)/t16-/m1/s1. The fourth-order valence-electron chi connectivity index (χ4n) is 3.61. The van der Waals surface area contributed by atoms with Gasteiger partial charge in [0.2, 0.25) is 5.91 Å². The second-order valence-electron chi connectivity index (χ2n) is 7.40. The van der Waals surface area contributed by atoms with E-state index in [1.807, 2.05) is 18.9 Å². The molecule has 1 fully saturated rings. The Balaban J connectivity index is 1.83. The van der Waals surface area contributed by atoms with E-state index in [2.05, 4.69) is 37.4 Å². The summed E-state index contributed by atoms with van der Waals surface area (Å²) >= 11 is 0. The van der Waals surface area contributed by atoms with E-state index >= 15 is 0 Å². The van der Waals surface area contributed by atoms with Gasteiger partial charge in [0.15, 0.2) is 0 Å². The maximum absolute atomic E-state index is 12.5. The minimum absolute atomic E-state index is 0.000744. The summed E-state index contributed by atoms with van der Waals surface area (Å²) in [5.74, 6) is 0.0879. The summed E-state index contributed by atoms with van der Waals surface area (Å²) in [7, 11) is 1.84. The van der Waals surface area contributed by atoms with Crippen molar-refractivity contribution in [2.75, 3.05) is 20.1 Å². The van der Waals surface area contributed by atoms with Crippen LogP contribution in [0.25, 0.3) is 0 Å². The van der Waals surface area contributed by atoms with Crippen LogP contribution in [0.2, 0.25) is 0 Å². The first-order valence-corrected chi connectivity index (χ1v) is 9.12. The van der Waals surface area contributed by atoms with Gasteiger partial charge in [0.25, 0.3) is 0 Å². The summed E-state index contributed by atoms with van der Waals surface area (Å²) in [5, 5.41) is 3.11. The number of rotatable bonds is 4. The summed E-state index contributed by atoms with van der Waals surface area (Å²) in [6.07, 6.45) is 2.52. The first-order valence-electron chi connectivity index (χ1n) is 9.12. The fourth-order valence-corrected chi connectivity index (χ4v) is 3.61. The largest absolute Gasteiger partial charge is 0.343 e. The van der Waals surface area contributed by atoms with E-state index in [0.717, 1.165) is 19.3 Å². The molecule has 138 valence electrons. The number of hydrogen-bond acceptors (Lipinski definition) is 2. The van der Waals surface area contributed by atoms with Gasteiger partial charge in [0.1, 0.15) is 0 Å². The monoisotopic (exact) mass is 345 g/mol. The third-order valence-corrected chi connectivity index (χ3v) is 4.99.